The van der Waals surface area contributed by atoms with Crippen LogP contribution in [0.5, 0.6) is 0 Å². The highest BCUT2D eigenvalue weighted by Crippen LogP contribution is 2.17. The third-order valence-electron chi connectivity index (χ3n) is 2.59. The molecule has 0 radical (unpaired) electrons. The van der Waals surface area contributed by atoms with E-state index in [0.29, 0.717) is 0 Å². The van der Waals surface area contributed by atoms with Crippen LogP contribution >= 0.6 is 0 Å². The minimum absolute atomic E-state index is 0.0817. The van der Waals surface area contributed by atoms with Crippen molar-refractivity contribution in [3.05, 3.63) is 36.2 Å². The van der Waals surface area contributed by atoms with Crippen LogP contribution in [0.3, 0.4) is 0 Å². The molecule has 0 aliphatic rings. The third kappa shape index (κ3) is 5.05. The topological polar surface area (TPSA) is 102 Å². The molecule has 0 atom stereocenters. The number of tetrazole rings is 1. The van der Waals surface area contributed by atoms with E-state index >= 15 is 0 Å². The standard InChI is InChI=1S/C12H11F3N6O2/c13-12(14,15)6-16-11(23)8-3-1-2-4-9(8)18-10(22)5-21-7-17-19-20-21/h1-4,7H,5-6H2,(H,16,23)(H,18,22). The molecule has 1 aromatic heterocycles. The van der Waals surface area contributed by atoms with E-state index < -0.39 is 24.5 Å². The van der Waals surface area contributed by atoms with Gasteiger partial charge in [0.1, 0.15) is 19.4 Å². The van der Waals surface area contributed by atoms with Gasteiger partial charge in [-0.1, -0.05) is 12.1 Å². The van der Waals surface area contributed by atoms with Crippen molar-refractivity contribution in [3.8, 4) is 0 Å². The lowest BCUT2D eigenvalue weighted by Gasteiger charge is -2.12. The maximum atomic E-state index is 12.1. The summed E-state index contributed by atoms with van der Waals surface area (Å²) in [7, 11) is 0. The molecule has 8 nitrogen and oxygen atoms in total. The van der Waals surface area contributed by atoms with Crippen molar-refractivity contribution >= 4 is 17.5 Å². The van der Waals surface area contributed by atoms with Gasteiger partial charge in [-0.05, 0) is 22.6 Å². The van der Waals surface area contributed by atoms with Gasteiger partial charge in [-0.2, -0.15) is 13.2 Å². The van der Waals surface area contributed by atoms with Crippen molar-refractivity contribution in [2.24, 2.45) is 0 Å². The first-order chi connectivity index (χ1) is 10.8. The molecule has 0 bridgehead atoms. The van der Waals surface area contributed by atoms with E-state index in [1.807, 2.05) is 0 Å². The van der Waals surface area contributed by atoms with Crippen molar-refractivity contribution < 1.29 is 22.8 Å². The van der Waals surface area contributed by atoms with Crippen molar-refractivity contribution in [2.75, 3.05) is 11.9 Å². The summed E-state index contributed by atoms with van der Waals surface area (Å²) in [6, 6.07) is 5.71. The normalized spacial score (nSPS) is 11.1. The Labute approximate surface area is 127 Å². The number of alkyl halides is 3. The molecule has 0 saturated heterocycles. The van der Waals surface area contributed by atoms with E-state index in [1.54, 1.807) is 5.32 Å². The number of hydrogen-bond acceptors (Lipinski definition) is 5. The molecule has 23 heavy (non-hydrogen) atoms. The zero-order valence-electron chi connectivity index (χ0n) is 11.5. The second-order valence-electron chi connectivity index (χ2n) is 4.40. The second-order valence-corrected chi connectivity index (χ2v) is 4.40. The Bertz CT molecular complexity index is 686. The molecule has 1 aromatic carbocycles. The Kier molecular flexibility index (Phi) is 4.88. The van der Waals surface area contributed by atoms with Crippen molar-refractivity contribution in [1.82, 2.24) is 25.5 Å². The van der Waals surface area contributed by atoms with E-state index in [2.05, 4.69) is 20.8 Å². The largest absolute Gasteiger partial charge is 0.405 e. The number of nitrogens with zero attached hydrogens (tertiary/aromatic N) is 4. The zero-order valence-corrected chi connectivity index (χ0v) is 11.5. The summed E-state index contributed by atoms with van der Waals surface area (Å²) in [4.78, 5) is 23.6. The van der Waals surface area contributed by atoms with Gasteiger partial charge in [0.05, 0.1) is 11.3 Å². The van der Waals surface area contributed by atoms with Crippen LogP contribution in [-0.4, -0.2) is 44.7 Å². The lowest BCUT2D eigenvalue weighted by molar-refractivity contribution is -0.123. The lowest BCUT2D eigenvalue weighted by atomic mass is 10.1. The van der Waals surface area contributed by atoms with Crippen LogP contribution in [0.2, 0.25) is 0 Å². The van der Waals surface area contributed by atoms with Gasteiger partial charge in [0.2, 0.25) is 5.91 Å². The predicted octanol–water partition coefficient (Wildman–Crippen LogP) is 0.604. The van der Waals surface area contributed by atoms with Gasteiger partial charge < -0.3 is 10.6 Å². The lowest BCUT2D eigenvalue weighted by Crippen LogP contribution is -2.34. The number of para-hydroxylation sites is 1. The molecule has 2 amide bonds. The summed E-state index contributed by atoms with van der Waals surface area (Å²) in [5, 5.41) is 14.4. The van der Waals surface area contributed by atoms with Crippen molar-refractivity contribution in [2.45, 2.75) is 12.7 Å². The van der Waals surface area contributed by atoms with Gasteiger partial charge in [-0.25, -0.2) is 4.68 Å². The average molecular weight is 328 g/mol. The number of nitrogens with one attached hydrogen (secondary N) is 2. The van der Waals surface area contributed by atoms with Gasteiger partial charge in [-0.15, -0.1) is 5.10 Å². The van der Waals surface area contributed by atoms with Crippen LogP contribution in [0.25, 0.3) is 0 Å². The summed E-state index contributed by atoms with van der Waals surface area (Å²) >= 11 is 0. The summed E-state index contributed by atoms with van der Waals surface area (Å²) in [6.45, 7) is -1.66. The molecule has 11 heteroatoms. The van der Waals surface area contributed by atoms with Crippen molar-refractivity contribution in [1.29, 1.82) is 0 Å². The fourth-order valence-electron chi connectivity index (χ4n) is 1.66. The third-order valence-corrected chi connectivity index (χ3v) is 2.59. The van der Waals surface area contributed by atoms with Gasteiger partial charge in [0.25, 0.3) is 5.91 Å². The number of amides is 2. The minimum atomic E-state index is -4.52. The quantitative estimate of drug-likeness (QED) is 0.837. The van der Waals surface area contributed by atoms with E-state index in [0.717, 1.165) is 4.68 Å². The van der Waals surface area contributed by atoms with Crippen LogP contribution in [0, 0.1) is 0 Å². The zero-order chi connectivity index (χ0) is 16.9. The van der Waals surface area contributed by atoms with Crippen LogP contribution in [-0.2, 0) is 11.3 Å². The molecule has 2 N–H and O–H groups in total. The van der Waals surface area contributed by atoms with Gasteiger partial charge in [-0.3, -0.25) is 9.59 Å². The Hall–Kier alpha value is -2.98. The molecule has 0 saturated carbocycles. The van der Waals surface area contributed by atoms with Crippen molar-refractivity contribution in [3.63, 3.8) is 0 Å². The monoisotopic (exact) mass is 328 g/mol. The molecule has 0 unspecified atom stereocenters. The number of carbonyl (C=O) groups excluding carboxylic acids is 2. The number of anilines is 1. The van der Waals surface area contributed by atoms with Crippen LogP contribution in [0.15, 0.2) is 30.6 Å². The van der Waals surface area contributed by atoms with Crippen LogP contribution in [0.1, 0.15) is 10.4 Å². The number of aromatic nitrogens is 4. The number of hydrogen-bond donors (Lipinski definition) is 2. The van der Waals surface area contributed by atoms with Gasteiger partial charge in [0, 0.05) is 0 Å². The average Bonchev–Trinajstić information content (AvgIpc) is 2.97. The molecule has 2 aromatic rings. The van der Waals surface area contributed by atoms with E-state index in [-0.39, 0.29) is 17.8 Å². The van der Waals surface area contributed by atoms with Crippen LogP contribution < -0.4 is 10.6 Å². The highest BCUT2D eigenvalue weighted by Gasteiger charge is 2.28. The summed E-state index contributed by atoms with van der Waals surface area (Å²) in [5.41, 5.74) is 0.00654. The maximum Gasteiger partial charge on any atom is 0.405 e. The number of rotatable bonds is 5. The molecule has 0 aliphatic carbocycles. The molecule has 0 fully saturated rings. The highest BCUT2D eigenvalue weighted by atomic mass is 19.4. The highest BCUT2D eigenvalue weighted by molar-refractivity contribution is 6.03. The Morgan fingerprint density at radius 1 is 1.22 bits per heavy atom. The van der Waals surface area contributed by atoms with E-state index in [4.69, 9.17) is 0 Å². The molecular weight excluding hydrogens is 317 g/mol. The molecular formula is C12H11F3N6O2. The van der Waals surface area contributed by atoms with Gasteiger partial charge in [0.15, 0.2) is 0 Å². The molecule has 0 aliphatic heterocycles. The number of halogens is 3. The molecule has 122 valence electrons. The summed E-state index contributed by atoms with van der Waals surface area (Å²) < 4.78 is 37.6. The number of benzene rings is 1. The van der Waals surface area contributed by atoms with E-state index in [1.165, 1.54) is 30.6 Å². The minimum Gasteiger partial charge on any atom is -0.343 e. The predicted molar refractivity (Wildman–Crippen MR) is 71.3 cm³/mol. The Morgan fingerprint density at radius 2 is 1.96 bits per heavy atom. The molecule has 0 spiro atoms. The Balaban J connectivity index is 2.05. The molecule has 1 heterocycles. The first kappa shape index (κ1) is 16.4. The first-order valence-electron chi connectivity index (χ1n) is 6.30. The SMILES string of the molecule is O=C(Cn1cnnn1)Nc1ccccc1C(=O)NCC(F)(F)F. The van der Waals surface area contributed by atoms with Gasteiger partial charge >= 0.3 is 6.18 Å². The summed E-state index contributed by atoms with van der Waals surface area (Å²) in [6.07, 6.45) is -3.30. The maximum absolute atomic E-state index is 12.1. The fourth-order valence-corrected chi connectivity index (χ4v) is 1.66. The Morgan fingerprint density at radius 3 is 2.61 bits per heavy atom. The summed E-state index contributed by atoms with van der Waals surface area (Å²) in [5.74, 6) is -1.48. The smallest absolute Gasteiger partial charge is 0.343 e. The molecule has 2 rings (SSSR count). The second kappa shape index (κ2) is 6.85. The number of carbonyl (C=O) groups is 2. The van der Waals surface area contributed by atoms with E-state index in [9.17, 15) is 22.8 Å². The first-order valence-corrected chi connectivity index (χ1v) is 6.30. The van der Waals surface area contributed by atoms with Crippen LogP contribution in [0.4, 0.5) is 18.9 Å². The fraction of sp³-hybridized carbons (Fsp3) is 0.250.